The van der Waals surface area contributed by atoms with E-state index in [2.05, 4.69) is 21.8 Å². The highest BCUT2D eigenvalue weighted by Crippen LogP contribution is 2.21. The van der Waals surface area contributed by atoms with Crippen molar-refractivity contribution in [1.29, 1.82) is 0 Å². The molecule has 4 heteroatoms. The number of hydrogen-bond acceptors (Lipinski definition) is 4. The van der Waals surface area contributed by atoms with Crippen LogP contribution in [0, 0.1) is 6.92 Å². The monoisotopic (exact) mass is 206 g/mol. The second-order valence-electron chi connectivity index (χ2n) is 4.22. The first kappa shape index (κ1) is 10.2. The van der Waals surface area contributed by atoms with Crippen LogP contribution in [0.3, 0.4) is 0 Å². The fraction of sp³-hybridized carbons (Fsp3) is 0.545. The summed E-state index contributed by atoms with van der Waals surface area (Å²) in [5, 5.41) is 0. The standard InChI is InChI=1S/C11H18N4/c1-9-7-10(12)11(13-8-9)15-5-3-14(2)4-6-15/h7-8H,3-6,12H2,1-2H3. The molecule has 0 unspecified atom stereocenters. The molecule has 2 heterocycles. The molecule has 0 spiro atoms. The van der Waals surface area contributed by atoms with Gasteiger partial charge >= 0.3 is 0 Å². The van der Waals surface area contributed by atoms with Crippen LogP contribution in [0.15, 0.2) is 12.3 Å². The van der Waals surface area contributed by atoms with Gasteiger partial charge in [0.25, 0.3) is 0 Å². The molecule has 82 valence electrons. The Bertz CT molecular complexity index is 342. The van der Waals surface area contributed by atoms with Gasteiger partial charge in [-0.25, -0.2) is 4.98 Å². The lowest BCUT2D eigenvalue weighted by Gasteiger charge is -2.33. The van der Waals surface area contributed by atoms with Crippen LogP contribution in [0.2, 0.25) is 0 Å². The lowest BCUT2D eigenvalue weighted by Crippen LogP contribution is -2.45. The van der Waals surface area contributed by atoms with Crippen molar-refractivity contribution in [3.63, 3.8) is 0 Å². The van der Waals surface area contributed by atoms with Crippen molar-refractivity contribution in [3.05, 3.63) is 17.8 Å². The Kier molecular flexibility index (Phi) is 2.77. The molecule has 15 heavy (non-hydrogen) atoms. The zero-order valence-corrected chi connectivity index (χ0v) is 9.40. The van der Waals surface area contributed by atoms with Crippen molar-refractivity contribution >= 4 is 11.5 Å². The molecule has 1 aliphatic heterocycles. The average molecular weight is 206 g/mol. The van der Waals surface area contributed by atoms with E-state index >= 15 is 0 Å². The molecule has 2 N–H and O–H groups in total. The van der Waals surface area contributed by atoms with E-state index in [0.717, 1.165) is 43.2 Å². The Balaban J connectivity index is 2.15. The lowest BCUT2D eigenvalue weighted by atomic mass is 10.2. The highest BCUT2D eigenvalue weighted by Gasteiger charge is 2.16. The number of hydrogen-bond donors (Lipinski definition) is 1. The minimum atomic E-state index is 0.791. The Morgan fingerprint density at radius 3 is 2.53 bits per heavy atom. The van der Waals surface area contributed by atoms with Crippen molar-refractivity contribution in [1.82, 2.24) is 9.88 Å². The first-order valence-corrected chi connectivity index (χ1v) is 5.32. The van der Waals surface area contributed by atoms with Gasteiger partial charge in [-0.1, -0.05) is 0 Å². The summed E-state index contributed by atoms with van der Waals surface area (Å²) in [5.74, 6) is 0.939. The van der Waals surface area contributed by atoms with E-state index < -0.39 is 0 Å². The van der Waals surface area contributed by atoms with E-state index in [1.54, 1.807) is 0 Å². The number of likely N-dealkylation sites (N-methyl/N-ethyl adjacent to an activating group) is 1. The third-order valence-electron chi connectivity index (χ3n) is 2.83. The molecule has 1 aliphatic rings. The molecule has 4 nitrogen and oxygen atoms in total. The van der Waals surface area contributed by atoms with Gasteiger partial charge in [-0.15, -0.1) is 0 Å². The summed E-state index contributed by atoms with van der Waals surface area (Å²) in [5.41, 5.74) is 7.88. The van der Waals surface area contributed by atoms with Gasteiger partial charge in [-0.2, -0.15) is 0 Å². The smallest absolute Gasteiger partial charge is 0.151 e. The van der Waals surface area contributed by atoms with Gasteiger partial charge < -0.3 is 15.5 Å². The Labute approximate surface area is 90.7 Å². The number of aryl methyl sites for hydroxylation is 1. The van der Waals surface area contributed by atoms with Gasteiger partial charge in [0.15, 0.2) is 5.82 Å². The van der Waals surface area contributed by atoms with Crippen molar-refractivity contribution in [2.24, 2.45) is 0 Å². The summed E-state index contributed by atoms with van der Waals surface area (Å²) >= 11 is 0. The Morgan fingerprint density at radius 1 is 1.27 bits per heavy atom. The number of nitrogens with two attached hydrogens (primary N) is 1. The van der Waals surface area contributed by atoms with E-state index in [1.807, 2.05) is 19.2 Å². The molecule has 1 aromatic rings. The minimum absolute atomic E-state index is 0.791. The molecule has 2 rings (SSSR count). The summed E-state index contributed by atoms with van der Waals surface area (Å²) in [6, 6.07) is 1.99. The van der Waals surface area contributed by atoms with E-state index in [4.69, 9.17) is 5.73 Å². The zero-order valence-electron chi connectivity index (χ0n) is 9.40. The van der Waals surface area contributed by atoms with Crippen LogP contribution in [0.4, 0.5) is 11.5 Å². The first-order valence-electron chi connectivity index (χ1n) is 5.32. The van der Waals surface area contributed by atoms with Crippen LogP contribution in [0.5, 0.6) is 0 Å². The normalized spacial score (nSPS) is 18.1. The number of aromatic nitrogens is 1. The highest BCUT2D eigenvalue weighted by molar-refractivity contribution is 5.63. The maximum Gasteiger partial charge on any atom is 0.151 e. The minimum Gasteiger partial charge on any atom is -0.396 e. The second-order valence-corrected chi connectivity index (χ2v) is 4.22. The maximum absolute atomic E-state index is 5.97. The molecule has 0 radical (unpaired) electrons. The molecule has 0 bridgehead atoms. The number of piperazine rings is 1. The van der Waals surface area contributed by atoms with Crippen LogP contribution in [0.25, 0.3) is 0 Å². The molecule has 0 amide bonds. The van der Waals surface area contributed by atoms with Gasteiger partial charge in [0.05, 0.1) is 5.69 Å². The van der Waals surface area contributed by atoms with Crippen LogP contribution < -0.4 is 10.6 Å². The van der Waals surface area contributed by atoms with Gasteiger partial charge in [0.1, 0.15) is 0 Å². The topological polar surface area (TPSA) is 45.4 Å². The fourth-order valence-electron chi connectivity index (χ4n) is 1.87. The van der Waals surface area contributed by atoms with Crippen molar-refractivity contribution < 1.29 is 0 Å². The number of nitrogens with zero attached hydrogens (tertiary/aromatic N) is 3. The Morgan fingerprint density at radius 2 is 1.93 bits per heavy atom. The molecule has 0 aliphatic carbocycles. The van der Waals surface area contributed by atoms with Crippen molar-refractivity contribution in [3.8, 4) is 0 Å². The van der Waals surface area contributed by atoms with Crippen LogP contribution in [-0.2, 0) is 0 Å². The van der Waals surface area contributed by atoms with Crippen LogP contribution in [0.1, 0.15) is 5.56 Å². The van der Waals surface area contributed by atoms with E-state index in [1.165, 1.54) is 0 Å². The van der Waals surface area contributed by atoms with Crippen LogP contribution >= 0.6 is 0 Å². The largest absolute Gasteiger partial charge is 0.396 e. The zero-order chi connectivity index (χ0) is 10.8. The van der Waals surface area contributed by atoms with Gasteiger partial charge in [0.2, 0.25) is 0 Å². The van der Waals surface area contributed by atoms with Crippen molar-refractivity contribution in [2.45, 2.75) is 6.92 Å². The van der Waals surface area contributed by atoms with Gasteiger partial charge in [-0.05, 0) is 25.6 Å². The summed E-state index contributed by atoms with van der Waals surface area (Å²) < 4.78 is 0. The van der Waals surface area contributed by atoms with Gasteiger partial charge in [0, 0.05) is 32.4 Å². The molecule has 1 aromatic heterocycles. The predicted octanol–water partition coefficient (Wildman–Crippen LogP) is 0.724. The summed E-state index contributed by atoms with van der Waals surface area (Å²) in [7, 11) is 2.14. The van der Waals surface area contributed by atoms with Crippen molar-refractivity contribution in [2.75, 3.05) is 43.9 Å². The molecule has 1 saturated heterocycles. The summed E-state index contributed by atoms with van der Waals surface area (Å²) in [6.07, 6.45) is 1.88. The fourth-order valence-corrected chi connectivity index (χ4v) is 1.87. The van der Waals surface area contributed by atoms with E-state index in [9.17, 15) is 0 Å². The predicted molar refractivity (Wildman–Crippen MR) is 63.1 cm³/mol. The maximum atomic E-state index is 5.97. The van der Waals surface area contributed by atoms with Gasteiger partial charge in [-0.3, -0.25) is 0 Å². The summed E-state index contributed by atoms with van der Waals surface area (Å²) in [4.78, 5) is 8.99. The van der Waals surface area contributed by atoms with Crippen LogP contribution in [-0.4, -0.2) is 43.1 Å². The molecule has 0 aromatic carbocycles. The second kappa shape index (κ2) is 4.06. The first-order chi connectivity index (χ1) is 7.16. The lowest BCUT2D eigenvalue weighted by molar-refractivity contribution is 0.312. The average Bonchev–Trinajstić information content (AvgIpc) is 2.20. The number of pyridine rings is 1. The SMILES string of the molecule is Cc1cnc(N2CCN(C)CC2)c(N)c1. The number of rotatable bonds is 1. The summed E-state index contributed by atoms with van der Waals surface area (Å²) in [6.45, 7) is 6.19. The quantitative estimate of drug-likeness (QED) is 0.735. The molecule has 0 saturated carbocycles. The van der Waals surface area contributed by atoms with E-state index in [0.29, 0.717) is 0 Å². The molecular formula is C11H18N4. The third-order valence-corrected chi connectivity index (χ3v) is 2.83. The number of anilines is 2. The number of nitrogen functional groups attached to an aromatic ring is 1. The molecule has 0 atom stereocenters. The molecular weight excluding hydrogens is 188 g/mol. The van der Waals surface area contributed by atoms with E-state index in [-0.39, 0.29) is 0 Å². The third kappa shape index (κ3) is 2.21. The Hall–Kier alpha value is -1.29. The highest BCUT2D eigenvalue weighted by atomic mass is 15.3. The molecule has 1 fully saturated rings.